The molecule has 1 aliphatic heterocycles. The first-order valence-electron chi connectivity index (χ1n) is 6.14. The standard InChI is InChI=1S/C13H18N2O/c1-9(16)13-5-4-12(7-14-13)15-8-10-2-3-11(15)6-10/h4-5,7,9-11,16H,2-3,6,8H2,1H3/t9-,10?,11?/m1/s1. The van der Waals surface area contributed by atoms with Gasteiger partial charge in [0, 0.05) is 12.6 Å². The van der Waals surface area contributed by atoms with Gasteiger partial charge in [0.25, 0.3) is 0 Å². The van der Waals surface area contributed by atoms with E-state index in [9.17, 15) is 5.11 Å². The van der Waals surface area contributed by atoms with Crippen LogP contribution in [0.4, 0.5) is 5.69 Å². The Kier molecular flexibility index (Phi) is 2.36. The van der Waals surface area contributed by atoms with Crippen LogP contribution in [0.25, 0.3) is 0 Å². The van der Waals surface area contributed by atoms with E-state index in [4.69, 9.17) is 0 Å². The molecule has 3 heteroatoms. The first-order chi connectivity index (χ1) is 7.74. The smallest absolute Gasteiger partial charge is 0.0931 e. The van der Waals surface area contributed by atoms with Crippen molar-refractivity contribution in [1.29, 1.82) is 0 Å². The van der Waals surface area contributed by atoms with Crippen molar-refractivity contribution < 1.29 is 5.11 Å². The Morgan fingerprint density at radius 3 is 2.81 bits per heavy atom. The summed E-state index contributed by atoms with van der Waals surface area (Å²) in [4.78, 5) is 6.79. The van der Waals surface area contributed by atoms with Crippen molar-refractivity contribution in [1.82, 2.24) is 4.98 Å². The quantitative estimate of drug-likeness (QED) is 0.826. The number of hydrogen-bond acceptors (Lipinski definition) is 3. The highest BCUT2D eigenvalue weighted by Crippen LogP contribution is 2.39. The molecular weight excluding hydrogens is 200 g/mol. The highest BCUT2D eigenvalue weighted by Gasteiger charge is 2.37. The van der Waals surface area contributed by atoms with Crippen molar-refractivity contribution in [2.45, 2.75) is 38.3 Å². The molecular formula is C13H18N2O. The summed E-state index contributed by atoms with van der Waals surface area (Å²) in [6.07, 6.45) is 5.54. The van der Waals surface area contributed by atoms with Crippen LogP contribution < -0.4 is 4.90 Å². The fraction of sp³-hybridized carbons (Fsp3) is 0.615. The van der Waals surface area contributed by atoms with Crippen molar-refractivity contribution in [3.05, 3.63) is 24.0 Å². The van der Waals surface area contributed by atoms with Crippen LogP contribution in [-0.2, 0) is 0 Å². The maximum absolute atomic E-state index is 9.41. The Bertz CT molecular complexity index is 374. The van der Waals surface area contributed by atoms with Gasteiger partial charge in [-0.25, -0.2) is 0 Å². The van der Waals surface area contributed by atoms with E-state index in [1.807, 2.05) is 12.3 Å². The maximum Gasteiger partial charge on any atom is 0.0931 e. The van der Waals surface area contributed by atoms with E-state index >= 15 is 0 Å². The molecule has 2 bridgehead atoms. The minimum atomic E-state index is -0.468. The molecule has 1 N–H and O–H groups in total. The molecule has 2 aliphatic rings. The van der Waals surface area contributed by atoms with Crippen molar-refractivity contribution in [3.8, 4) is 0 Å². The fourth-order valence-electron chi connectivity index (χ4n) is 3.06. The minimum absolute atomic E-state index is 0.468. The molecule has 2 heterocycles. The summed E-state index contributed by atoms with van der Waals surface area (Å²) in [7, 11) is 0. The van der Waals surface area contributed by atoms with Gasteiger partial charge in [0.15, 0.2) is 0 Å². The minimum Gasteiger partial charge on any atom is -0.387 e. The Labute approximate surface area is 96.1 Å². The van der Waals surface area contributed by atoms with Gasteiger partial charge in [-0.2, -0.15) is 0 Å². The van der Waals surface area contributed by atoms with E-state index in [1.54, 1.807) is 6.92 Å². The van der Waals surface area contributed by atoms with Crippen LogP contribution in [0, 0.1) is 5.92 Å². The Balaban J connectivity index is 1.80. The Morgan fingerprint density at radius 2 is 2.31 bits per heavy atom. The van der Waals surface area contributed by atoms with Crippen LogP contribution in [0.1, 0.15) is 38.0 Å². The summed E-state index contributed by atoms with van der Waals surface area (Å²) < 4.78 is 0. The molecule has 1 aliphatic carbocycles. The number of hydrogen-bond donors (Lipinski definition) is 1. The predicted octanol–water partition coefficient (Wildman–Crippen LogP) is 2.12. The number of aromatic nitrogens is 1. The third kappa shape index (κ3) is 1.59. The van der Waals surface area contributed by atoms with Gasteiger partial charge in [0.2, 0.25) is 0 Å². The molecule has 0 spiro atoms. The lowest BCUT2D eigenvalue weighted by atomic mass is 10.1. The average Bonchev–Trinajstić information content (AvgIpc) is 2.91. The molecule has 2 unspecified atom stereocenters. The molecule has 0 amide bonds. The van der Waals surface area contributed by atoms with Gasteiger partial charge in [-0.05, 0) is 44.2 Å². The van der Waals surface area contributed by atoms with Crippen LogP contribution in [0.15, 0.2) is 18.3 Å². The van der Waals surface area contributed by atoms with Crippen LogP contribution in [-0.4, -0.2) is 22.7 Å². The van der Waals surface area contributed by atoms with E-state index in [0.29, 0.717) is 0 Å². The van der Waals surface area contributed by atoms with Crippen molar-refractivity contribution >= 4 is 5.69 Å². The molecule has 1 saturated heterocycles. The van der Waals surface area contributed by atoms with Crippen LogP contribution in [0.3, 0.4) is 0 Å². The molecule has 3 nitrogen and oxygen atoms in total. The monoisotopic (exact) mass is 218 g/mol. The summed E-state index contributed by atoms with van der Waals surface area (Å²) in [6.45, 7) is 2.94. The van der Waals surface area contributed by atoms with Gasteiger partial charge in [0.05, 0.1) is 23.7 Å². The molecule has 3 rings (SSSR count). The molecule has 1 aromatic rings. The number of nitrogens with zero attached hydrogens (tertiary/aromatic N) is 2. The van der Waals surface area contributed by atoms with Crippen LogP contribution >= 0.6 is 0 Å². The van der Waals surface area contributed by atoms with Gasteiger partial charge >= 0.3 is 0 Å². The number of anilines is 1. The lowest BCUT2D eigenvalue weighted by Gasteiger charge is -2.28. The Hall–Kier alpha value is -1.09. The fourth-order valence-corrected chi connectivity index (χ4v) is 3.06. The van der Waals surface area contributed by atoms with E-state index in [2.05, 4.69) is 16.0 Å². The van der Waals surface area contributed by atoms with Crippen LogP contribution in [0.2, 0.25) is 0 Å². The highest BCUT2D eigenvalue weighted by molar-refractivity contribution is 5.48. The number of aliphatic hydroxyl groups excluding tert-OH is 1. The molecule has 0 radical (unpaired) electrons. The largest absolute Gasteiger partial charge is 0.387 e. The zero-order valence-electron chi connectivity index (χ0n) is 9.63. The second-order valence-electron chi connectivity index (χ2n) is 5.10. The zero-order chi connectivity index (χ0) is 11.1. The summed E-state index contributed by atoms with van der Waals surface area (Å²) in [6, 6.07) is 4.77. The van der Waals surface area contributed by atoms with Gasteiger partial charge in [-0.15, -0.1) is 0 Å². The first kappa shape index (κ1) is 10.1. The summed E-state index contributed by atoms with van der Waals surface area (Å²) >= 11 is 0. The molecule has 16 heavy (non-hydrogen) atoms. The Morgan fingerprint density at radius 1 is 1.44 bits per heavy atom. The number of aliphatic hydroxyl groups is 1. The van der Waals surface area contributed by atoms with Gasteiger partial charge in [-0.3, -0.25) is 4.98 Å². The highest BCUT2D eigenvalue weighted by atomic mass is 16.3. The van der Waals surface area contributed by atoms with Crippen molar-refractivity contribution in [3.63, 3.8) is 0 Å². The molecule has 86 valence electrons. The normalized spacial score (nSPS) is 29.8. The van der Waals surface area contributed by atoms with E-state index < -0.39 is 6.10 Å². The van der Waals surface area contributed by atoms with E-state index in [0.717, 1.165) is 17.7 Å². The van der Waals surface area contributed by atoms with Crippen molar-refractivity contribution in [2.24, 2.45) is 5.92 Å². The number of fused-ring (bicyclic) bond motifs is 2. The SMILES string of the molecule is C[C@@H](O)c1ccc(N2CC3CCC2C3)cn1. The number of piperidine rings is 1. The number of rotatable bonds is 2. The maximum atomic E-state index is 9.41. The van der Waals surface area contributed by atoms with Gasteiger partial charge in [0.1, 0.15) is 0 Å². The molecule has 3 atom stereocenters. The second-order valence-corrected chi connectivity index (χ2v) is 5.10. The molecule has 1 saturated carbocycles. The summed E-state index contributed by atoms with van der Waals surface area (Å²) in [5.41, 5.74) is 1.98. The zero-order valence-corrected chi connectivity index (χ0v) is 9.63. The number of pyridine rings is 1. The third-order valence-electron chi connectivity index (χ3n) is 3.94. The molecule has 1 aromatic heterocycles. The van der Waals surface area contributed by atoms with Gasteiger partial charge in [-0.1, -0.05) is 0 Å². The van der Waals surface area contributed by atoms with Crippen LogP contribution in [0.5, 0.6) is 0 Å². The second kappa shape index (κ2) is 3.74. The average molecular weight is 218 g/mol. The third-order valence-corrected chi connectivity index (χ3v) is 3.94. The summed E-state index contributed by atoms with van der Waals surface area (Å²) in [5.74, 6) is 0.904. The predicted molar refractivity (Wildman–Crippen MR) is 63.3 cm³/mol. The van der Waals surface area contributed by atoms with Crippen molar-refractivity contribution in [2.75, 3.05) is 11.4 Å². The molecule has 0 aromatic carbocycles. The van der Waals surface area contributed by atoms with E-state index in [1.165, 1.54) is 31.5 Å². The topological polar surface area (TPSA) is 36.4 Å². The van der Waals surface area contributed by atoms with Gasteiger partial charge < -0.3 is 10.0 Å². The lowest BCUT2D eigenvalue weighted by Crippen LogP contribution is -2.31. The lowest BCUT2D eigenvalue weighted by molar-refractivity contribution is 0.194. The molecule has 2 fully saturated rings. The summed E-state index contributed by atoms with van der Waals surface area (Å²) in [5, 5.41) is 9.41. The van der Waals surface area contributed by atoms with E-state index in [-0.39, 0.29) is 0 Å². The first-order valence-corrected chi connectivity index (χ1v) is 6.14.